The van der Waals surface area contributed by atoms with Gasteiger partial charge in [-0.25, -0.2) is 0 Å². The molecule has 0 saturated carbocycles. The summed E-state index contributed by atoms with van der Waals surface area (Å²) in [6, 6.07) is 7.19. The van der Waals surface area contributed by atoms with Crippen LogP contribution in [0.15, 0.2) is 34.3 Å². The Labute approximate surface area is 80.0 Å². The lowest BCUT2D eigenvalue weighted by atomic mass is 10.2. The van der Waals surface area contributed by atoms with Crippen molar-refractivity contribution in [1.82, 2.24) is 0 Å². The van der Waals surface area contributed by atoms with Gasteiger partial charge in [-0.2, -0.15) is 0 Å². The van der Waals surface area contributed by atoms with Gasteiger partial charge < -0.3 is 10.1 Å². The molecule has 14 heavy (non-hydrogen) atoms. The molecule has 0 fully saturated rings. The van der Waals surface area contributed by atoms with E-state index >= 15 is 0 Å². The van der Waals surface area contributed by atoms with Gasteiger partial charge in [0.1, 0.15) is 6.54 Å². The first-order chi connectivity index (χ1) is 6.77. The van der Waals surface area contributed by atoms with Crippen LogP contribution in [0.2, 0.25) is 0 Å². The highest BCUT2D eigenvalue weighted by Gasteiger charge is 2.16. The summed E-state index contributed by atoms with van der Waals surface area (Å²) in [6.45, 7) is 0.0294. The molecule has 5 nitrogen and oxygen atoms in total. The average molecular weight is 189 g/mol. The van der Waals surface area contributed by atoms with Gasteiger partial charge in [0.05, 0.1) is 0 Å². The lowest BCUT2D eigenvalue weighted by molar-refractivity contribution is -0.351. The summed E-state index contributed by atoms with van der Waals surface area (Å²) in [4.78, 5) is 17.9. The summed E-state index contributed by atoms with van der Waals surface area (Å²) in [5.41, 5.74) is 1.41. The molecular formula is C9H7N3O2. The fourth-order valence-corrected chi connectivity index (χ4v) is 1.20. The van der Waals surface area contributed by atoms with Crippen molar-refractivity contribution < 1.29 is 4.92 Å². The first-order valence-electron chi connectivity index (χ1n) is 4.08. The van der Waals surface area contributed by atoms with E-state index < -0.39 is 4.92 Å². The van der Waals surface area contributed by atoms with Crippen LogP contribution in [0.25, 0.3) is 0 Å². The van der Waals surface area contributed by atoms with Crippen molar-refractivity contribution in [1.29, 1.82) is 0 Å². The Balaban J connectivity index is 2.52. The lowest BCUT2D eigenvalue weighted by Crippen LogP contribution is -2.14. The van der Waals surface area contributed by atoms with Crippen molar-refractivity contribution in [2.75, 3.05) is 6.54 Å². The standard InChI is InChI=1S/C9H7N3O2/c13-12(14)9-6-10-5-7-3-1-2-4-8(7)11-9/h1-5H,6H2. The molecule has 1 aliphatic heterocycles. The molecule has 0 N–H and O–H groups in total. The number of amidine groups is 1. The third-order valence-corrected chi connectivity index (χ3v) is 1.86. The Morgan fingerprint density at radius 2 is 2.14 bits per heavy atom. The molecule has 0 radical (unpaired) electrons. The van der Waals surface area contributed by atoms with Crippen LogP contribution in [0.3, 0.4) is 0 Å². The van der Waals surface area contributed by atoms with Crippen LogP contribution in [-0.4, -0.2) is 23.5 Å². The Kier molecular flexibility index (Phi) is 2.06. The monoisotopic (exact) mass is 189 g/mol. The van der Waals surface area contributed by atoms with Crippen LogP contribution in [-0.2, 0) is 0 Å². The smallest absolute Gasteiger partial charge is 0.358 e. The van der Waals surface area contributed by atoms with Gasteiger partial charge in [-0.15, -0.1) is 0 Å². The zero-order chi connectivity index (χ0) is 9.97. The van der Waals surface area contributed by atoms with Crippen molar-refractivity contribution >= 4 is 17.7 Å². The number of fused-ring (bicyclic) bond motifs is 1. The zero-order valence-electron chi connectivity index (χ0n) is 7.25. The van der Waals surface area contributed by atoms with E-state index in [1.165, 1.54) is 0 Å². The summed E-state index contributed by atoms with van der Waals surface area (Å²) in [5.74, 6) is -0.119. The Morgan fingerprint density at radius 1 is 1.36 bits per heavy atom. The van der Waals surface area contributed by atoms with Crippen molar-refractivity contribution in [3.05, 3.63) is 39.9 Å². The normalized spacial score (nSPS) is 14.1. The number of aliphatic imine (C=N–C) groups is 2. The third-order valence-electron chi connectivity index (χ3n) is 1.86. The maximum absolute atomic E-state index is 10.5. The molecular weight excluding hydrogens is 182 g/mol. The summed E-state index contributed by atoms with van der Waals surface area (Å²) < 4.78 is 0. The number of hydrogen-bond acceptors (Lipinski definition) is 4. The molecule has 0 unspecified atom stereocenters. The second-order valence-corrected chi connectivity index (χ2v) is 2.81. The second kappa shape index (κ2) is 3.37. The topological polar surface area (TPSA) is 67.9 Å². The Morgan fingerprint density at radius 3 is 2.93 bits per heavy atom. The Bertz CT molecular complexity index is 437. The summed E-state index contributed by atoms with van der Waals surface area (Å²) in [7, 11) is 0. The summed E-state index contributed by atoms with van der Waals surface area (Å²) >= 11 is 0. The van der Waals surface area contributed by atoms with E-state index in [1.807, 2.05) is 12.1 Å². The Hall–Kier alpha value is -2.04. The minimum atomic E-state index is -0.501. The van der Waals surface area contributed by atoms with E-state index in [1.54, 1.807) is 18.3 Å². The van der Waals surface area contributed by atoms with E-state index in [-0.39, 0.29) is 12.4 Å². The van der Waals surface area contributed by atoms with Crippen LogP contribution in [0.4, 0.5) is 5.69 Å². The molecule has 0 aliphatic carbocycles. The number of nitro groups is 1. The predicted molar refractivity (Wildman–Crippen MR) is 53.0 cm³/mol. The van der Waals surface area contributed by atoms with E-state index in [0.717, 1.165) is 5.56 Å². The second-order valence-electron chi connectivity index (χ2n) is 2.81. The molecule has 1 aliphatic rings. The quantitative estimate of drug-likeness (QED) is 0.457. The van der Waals surface area contributed by atoms with Gasteiger partial charge in [0, 0.05) is 11.8 Å². The van der Waals surface area contributed by atoms with Crippen molar-refractivity contribution in [3.8, 4) is 0 Å². The molecule has 0 atom stereocenters. The number of hydrogen-bond donors (Lipinski definition) is 0. The summed E-state index contributed by atoms with van der Waals surface area (Å²) in [6.07, 6.45) is 1.61. The highest BCUT2D eigenvalue weighted by Crippen LogP contribution is 2.18. The van der Waals surface area contributed by atoms with Crippen molar-refractivity contribution in [2.24, 2.45) is 9.98 Å². The van der Waals surface area contributed by atoms with Gasteiger partial charge in [-0.3, -0.25) is 4.99 Å². The molecule has 1 aromatic rings. The van der Waals surface area contributed by atoms with Gasteiger partial charge in [0.25, 0.3) is 0 Å². The number of rotatable bonds is 0. The molecule has 2 rings (SSSR count). The average Bonchev–Trinajstić information content (AvgIpc) is 2.39. The third kappa shape index (κ3) is 1.52. The minimum Gasteiger partial charge on any atom is -0.358 e. The van der Waals surface area contributed by atoms with Crippen LogP contribution >= 0.6 is 0 Å². The van der Waals surface area contributed by atoms with Gasteiger partial charge in [0.2, 0.25) is 0 Å². The molecule has 0 spiro atoms. The van der Waals surface area contributed by atoms with E-state index in [2.05, 4.69) is 9.98 Å². The molecule has 5 heteroatoms. The summed E-state index contributed by atoms with van der Waals surface area (Å²) in [5, 5.41) is 10.5. The van der Waals surface area contributed by atoms with Gasteiger partial charge in [-0.05, 0) is 22.0 Å². The van der Waals surface area contributed by atoms with Crippen LogP contribution < -0.4 is 0 Å². The molecule has 0 amide bonds. The first kappa shape index (κ1) is 8.55. The lowest BCUT2D eigenvalue weighted by Gasteiger charge is -1.92. The van der Waals surface area contributed by atoms with Crippen LogP contribution in [0, 0.1) is 10.1 Å². The van der Waals surface area contributed by atoms with Gasteiger partial charge in [0.15, 0.2) is 5.69 Å². The van der Waals surface area contributed by atoms with Gasteiger partial charge >= 0.3 is 5.84 Å². The SMILES string of the molecule is O=[N+]([O-])C1=Nc2ccccc2C=NC1. The van der Waals surface area contributed by atoms with E-state index in [4.69, 9.17) is 0 Å². The molecule has 1 aromatic carbocycles. The zero-order valence-corrected chi connectivity index (χ0v) is 7.25. The molecule has 70 valence electrons. The molecule has 0 aromatic heterocycles. The molecule has 1 heterocycles. The number of benzene rings is 1. The fraction of sp³-hybridized carbons (Fsp3) is 0.111. The minimum absolute atomic E-state index is 0.0294. The largest absolute Gasteiger partial charge is 0.360 e. The van der Waals surface area contributed by atoms with Crippen LogP contribution in [0.1, 0.15) is 5.56 Å². The number of nitrogens with zero attached hydrogens (tertiary/aromatic N) is 3. The van der Waals surface area contributed by atoms with Crippen LogP contribution in [0.5, 0.6) is 0 Å². The maximum atomic E-state index is 10.5. The molecule has 0 saturated heterocycles. The van der Waals surface area contributed by atoms with E-state index in [9.17, 15) is 10.1 Å². The fourth-order valence-electron chi connectivity index (χ4n) is 1.20. The van der Waals surface area contributed by atoms with Crippen molar-refractivity contribution in [2.45, 2.75) is 0 Å². The molecule has 0 bridgehead atoms. The maximum Gasteiger partial charge on any atom is 0.360 e. The van der Waals surface area contributed by atoms with Crippen molar-refractivity contribution in [3.63, 3.8) is 0 Å². The van der Waals surface area contributed by atoms with Gasteiger partial charge in [-0.1, -0.05) is 12.1 Å². The first-order valence-corrected chi connectivity index (χ1v) is 4.08. The highest BCUT2D eigenvalue weighted by atomic mass is 16.6. The van der Waals surface area contributed by atoms with E-state index in [0.29, 0.717) is 5.69 Å². The predicted octanol–water partition coefficient (Wildman–Crippen LogP) is 1.43. The highest BCUT2D eigenvalue weighted by molar-refractivity contribution is 5.93. The number of para-hydroxylation sites is 1.